The number of nitrogen functional groups attached to an aromatic ring is 1. The van der Waals surface area contributed by atoms with Gasteiger partial charge in [0.1, 0.15) is 0 Å². The molecular weight excluding hydrogens is 354 g/mol. The Morgan fingerprint density at radius 3 is 2.35 bits per heavy atom. The fraction of sp³-hybridized carbons (Fsp3) is 0. The Hall–Kier alpha value is -1.67. The smallest absolute Gasteiger partial charge is 0.261 e. The van der Waals surface area contributed by atoms with Crippen LogP contribution in [0.3, 0.4) is 0 Å². The minimum atomic E-state index is -4.00. The number of anilines is 2. The lowest BCUT2D eigenvalue weighted by Gasteiger charge is -2.09. The van der Waals surface area contributed by atoms with Crippen molar-refractivity contribution in [1.29, 1.82) is 0 Å². The van der Waals surface area contributed by atoms with E-state index in [0.717, 1.165) is 12.1 Å². The third-order valence-electron chi connectivity index (χ3n) is 2.45. The molecule has 4 nitrogen and oxygen atoms in total. The summed E-state index contributed by atoms with van der Waals surface area (Å²) in [5.74, 6) is -2.34. The van der Waals surface area contributed by atoms with Crippen LogP contribution in [0.2, 0.25) is 0 Å². The third kappa shape index (κ3) is 3.07. The Morgan fingerprint density at radius 2 is 1.75 bits per heavy atom. The zero-order chi connectivity index (χ0) is 14.9. The van der Waals surface area contributed by atoms with Crippen LogP contribution in [0.25, 0.3) is 0 Å². The highest BCUT2D eigenvalue weighted by Gasteiger charge is 2.17. The van der Waals surface area contributed by atoms with Gasteiger partial charge in [0, 0.05) is 10.2 Å². The Kier molecular flexibility index (Phi) is 3.96. The molecule has 0 aromatic heterocycles. The van der Waals surface area contributed by atoms with Gasteiger partial charge in [0.05, 0.1) is 10.6 Å². The maximum Gasteiger partial charge on any atom is 0.261 e. The monoisotopic (exact) mass is 362 g/mol. The van der Waals surface area contributed by atoms with Gasteiger partial charge in [0.25, 0.3) is 10.0 Å². The van der Waals surface area contributed by atoms with E-state index in [2.05, 4.69) is 20.7 Å². The lowest BCUT2D eigenvalue weighted by atomic mass is 10.3. The van der Waals surface area contributed by atoms with Crippen molar-refractivity contribution in [3.05, 3.63) is 52.5 Å². The quantitative estimate of drug-likeness (QED) is 0.824. The second-order valence-corrected chi connectivity index (χ2v) is 6.45. The second kappa shape index (κ2) is 5.37. The molecule has 3 N–H and O–H groups in total. The molecule has 0 saturated heterocycles. The van der Waals surface area contributed by atoms with Crippen LogP contribution >= 0.6 is 15.9 Å². The van der Waals surface area contributed by atoms with Crippen molar-refractivity contribution in [2.75, 3.05) is 10.5 Å². The van der Waals surface area contributed by atoms with Crippen LogP contribution in [0, 0.1) is 11.6 Å². The molecule has 2 aromatic rings. The van der Waals surface area contributed by atoms with E-state index < -0.39 is 21.7 Å². The van der Waals surface area contributed by atoms with E-state index in [4.69, 9.17) is 5.73 Å². The molecule has 0 aliphatic rings. The second-order valence-electron chi connectivity index (χ2n) is 3.92. The summed E-state index contributed by atoms with van der Waals surface area (Å²) in [5, 5.41) is 0. The van der Waals surface area contributed by atoms with Gasteiger partial charge in [-0.05, 0) is 52.3 Å². The van der Waals surface area contributed by atoms with Crippen LogP contribution < -0.4 is 10.5 Å². The third-order valence-corrected chi connectivity index (χ3v) is 4.52. The van der Waals surface area contributed by atoms with E-state index in [1.54, 1.807) is 0 Å². The molecule has 0 bridgehead atoms. The Morgan fingerprint density at radius 1 is 1.05 bits per heavy atom. The number of benzene rings is 2. The van der Waals surface area contributed by atoms with Crippen molar-refractivity contribution in [2.24, 2.45) is 0 Å². The van der Waals surface area contributed by atoms with Gasteiger partial charge in [-0.2, -0.15) is 0 Å². The van der Waals surface area contributed by atoms with Gasteiger partial charge >= 0.3 is 0 Å². The van der Waals surface area contributed by atoms with Crippen LogP contribution in [-0.2, 0) is 10.0 Å². The highest BCUT2D eigenvalue weighted by Crippen LogP contribution is 2.25. The number of nitrogens with two attached hydrogens (primary N) is 1. The van der Waals surface area contributed by atoms with Crippen LogP contribution in [0.4, 0.5) is 20.2 Å². The molecule has 0 spiro atoms. The minimum Gasteiger partial charge on any atom is -0.398 e. The largest absolute Gasteiger partial charge is 0.398 e. The summed E-state index contributed by atoms with van der Waals surface area (Å²) in [4.78, 5) is -0.371. The summed E-state index contributed by atoms with van der Waals surface area (Å²) in [7, 11) is -4.00. The van der Waals surface area contributed by atoms with E-state index >= 15 is 0 Å². The fourth-order valence-electron chi connectivity index (χ4n) is 1.45. The van der Waals surface area contributed by atoms with E-state index in [1.165, 1.54) is 18.2 Å². The standard InChI is InChI=1S/C12H9BrF2N2O2S/c13-9-5-7(1-4-12(9)16)17-20(18,19)8-2-3-10(14)11(15)6-8/h1-6,17H,16H2. The molecule has 0 amide bonds. The summed E-state index contributed by atoms with van der Waals surface area (Å²) in [6.45, 7) is 0. The van der Waals surface area contributed by atoms with Gasteiger partial charge in [-0.3, -0.25) is 4.72 Å². The number of sulfonamides is 1. The molecule has 106 valence electrons. The highest BCUT2D eigenvalue weighted by atomic mass is 79.9. The number of hydrogen-bond acceptors (Lipinski definition) is 3. The molecule has 8 heteroatoms. The molecule has 0 aliphatic heterocycles. The fourth-order valence-corrected chi connectivity index (χ4v) is 2.89. The maximum atomic E-state index is 13.1. The van der Waals surface area contributed by atoms with Crippen molar-refractivity contribution in [3.8, 4) is 0 Å². The normalized spacial score (nSPS) is 11.3. The number of rotatable bonds is 3. The lowest BCUT2D eigenvalue weighted by Crippen LogP contribution is -2.13. The van der Waals surface area contributed by atoms with Crippen molar-refractivity contribution < 1.29 is 17.2 Å². The van der Waals surface area contributed by atoms with E-state index in [9.17, 15) is 17.2 Å². The van der Waals surface area contributed by atoms with Gasteiger partial charge in [-0.25, -0.2) is 17.2 Å². The van der Waals surface area contributed by atoms with Crippen LogP contribution in [-0.4, -0.2) is 8.42 Å². The molecule has 0 unspecified atom stereocenters. The number of halogens is 3. The molecule has 0 aliphatic carbocycles. The Balaban J connectivity index is 2.35. The first kappa shape index (κ1) is 14.7. The first-order valence-electron chi connectivity index (χ1n) is 5.32. The molecule has 0 atom stereocenters. The molecule has 2 aromatic carbocycles. The Bertz CT molecular complexity index is 766. The summed E-state index contributed by atoms with van der Waals surface area (Å²) < 4.78 is 52.7. The summed E-state index contributed by atoms with van der Waals surface area (Å²) in [6.07, 6.45) is 0. The predicted molar refractivity (Wildman–Crippen MR) is 75.7 cm³/mol. The topological polar surface area (TPSA) is 72.2 Å². The van der Waals surface area contributed by atoms with Gasteiger partial charge < -0.3 is 5.73 Å². The molecular formula is C12H9BrF2N2O2S. The molecule has 0 saturated carbocycles. The highest BCUT2D eigenvalue weighted by molar-refractivity contribution is 9.10. The van der Waals surface area contributed by atoms with Crippen molar-refractivity contribution >= 4 is 37.3 Å². The van der Waals surface area contributed by atoms with Crippen LogP contribution in [0.1, 0.15) is 0 Å². The maximum absolute atomic E-state index is 13.1. The van der Waals surface area contributed by atoms with Gasteiger partial charge in [0.15, 0.2) is 11.6 Å². The molecule has 0 radical (unpaired) electrons. The zero-order valence-electron chi connectivity index (χ0n) is 9.90. The SMILES string of the molecule is Nc1ccc(NS(=O)(=O)c2ccc(F)c(F)c2)cc1Br. The summed E-state index contributed by atoms with van der Waals surface area (Å²) >= 11 is 3.16. The van der Waals surface area contributed by atoms with E-state index in [1.807, 2.05) is 0 Å². The Labute approximate surface area is 122 Å². The van der Waals surface area contributed by atoms with Crippen molar-refractivity contribution in [3.63, 3.8) is 0 Å². The molecule has 0 heterocycles. The first-order valence-corrected chi connectivity index (χ1v) is 7.60. The first-order chi connectivity index (χ1) is 9.29. The molecule has 0 fully saturated rings. The molecule has 20 heavy (non-hydrogen) atoms. The zero-order valence-corrected chi connectivity index (χ0v) is 12.3. The lowest BCUT2D eigenvalue weighted by molar-refractivity contribution is 0.504. The van der Waals surface area contributed by atoms with Crippen LogP contribution in [0.5, 0.6) is 0 Å². The predicted octanol–water partition coefficient (Wildman–Crippen LogP) is 3.11. The van der Waals surface area contributed by atoms with E-state index in [0.29, 0.717) is 16.2 Å². The number of nitrogens with one attached hydrogen (secondary N) is 1. The van der Waals surface area contributed by atoms with Crippen molar-refractivity contribution in [1.82, 2.24) is 0 Å². The van der Waals surface area contributed by atoms with Gasteiger partial charge in [-0.15, -0.1) is 0 Å². The summed E-state index contributed by atoms with van der Waals surface area (Å²) in [5.41, 5.74) is 6.28. The van der Waals surface area contributed by atoms with Gasteiger partial charge in [-0.1, -0.05) is 0 Å². The van der Waals surface area contributed by atoms with E-state index in [-0.39, 0.29) is 10.6 Å². The molecule has 2 rings (SSSR count). The number of hydrogen-bond donors (Lipinski definition) is 2. The van der Waals surface area contributed by atoms with Crippen molar-refractivity contribution in [2.45, 2.75) is 4.90 Å². The van der Waals surface area contributed by atoms with Gasteiger partial charge in [0.2, 0.25) is 0 Å². The summed E-state index contributed by atoms with van der Waals surface area (Å²) in [6, 6.07) is 6.78. The minimum absolute atomic E-state index is 0.246. The average Bonchev–Trinajstić information content (AvgIpc) is 2.37. The van der Waals surface area contributed by atoms with Crippen LogP contribution in [0.15, 0.2) is 45.8 Å². The average molecular weight is 363 g/mol.